The highest BCUT2D eigenvalue weighted by Crippen LogP contribution is 2.43. The third-order valence-electron chi connectivity index (χ3n) is 5.08. The first kappa shape index (κ1) is 13.3. The molecule has 3 heteroatoms. The summed E-state index contributed by atoms with van der Waals surface area (Å²) >= 11 is 0. The molecule has 0 aromatic heterocycles. The Labute approximate surface area is 106 Å². The number of ether oxygens (including phenoxy) is 1. The summed E-state index contributed by atoms with van der Waals surface area (Å²) in [6.45, 7) is 6.74. The number of hydrogen-bond acceptors (Lipinski definition) is 3. The summed E-state index contributed by atoms with van der Waals surface area (Å²) in [5.41, 5.74) is 6.41. The number of hydrogen-bond donors (Lipinski definition) is 1. The first-order chi connectivity index (χ1) is 8.19. The minimum Gasteiger partial charge on any atom is -0.380 e. The first-order valence-electron chi connectivity index (χ1n) is 7.14. The van der Waals surface area contributed by atoms with E-state index in [2.05, 4.69) is 11.8 Å². The second-order valence-electron chi connectivity index (χ2n) is 6.15. The third kappa shape index (κ3) is 3.01. The second-order valence-corrected chi connectivity index (χ2v) is 6.15. The van der Waals surface area contributed by atoms with E-state index in [1.165, 1.54) is 45.2 Å². The highest BCUT2D eigenvalue weighted by Gasteiger charge is 2.36. The van der Waals surface area contributed by atoms with Crippen molar-refractivity contribution in [1.82, 2.24) is 4.90 Å². The molecule has 17 heavy (non-hydrogen) atoms. The molecular weight excluding hydrogens is 212 g/mol. The maximum Gasteiger partial charge on any atom is 0.0724 e. The van der Waals surface area contributed by atoms with Crippen molar-refractivity contribution in [3.05, 3.63) is 0 Å². The van der Waals surface area contributed by atoms with Gasteiger partial charge >= 0.3 is 0 Å². The van der Waals surface area contributed by atoms with Crippen LogP contribution in [-0.4, -0.2) is 44.3 Å². The van der Waals surface area contributed by atoms with Gasteiger partial charge in [0.2, 0.25) is 0 Å². The Morgan fingerprint density at radius 1 is 1.41 bits per heavy atom. The van der Waals surface area contributed by atoms with Gasteiger partial charge in [0.1, 0.15) is 0 Å². The van der Waals surface area contributed by atoms with E-state index >= 15 is 0 Å². The molecule has 0 amide bonds. The Morgan fingerprint density at radius 2 is 2.18 bits per heavy atom. The first-order valence-corrected chi connectivity index (χ1v) is 7.14. The molecule has 100 valence electrons. The number of nitrogens with two attached hydrogens (primary N) is 1. The monoisotopic (exact) mass is 240 g/mol. The lowest BCUT2D eigenvalue weighted by molar-refractivity contribution is -0.0118. The van der Waals surface area contributed by atoms with Crippen LogP contribution in [0.25, 0.3) is 0 Å². The van der Waals surface area contributed by atoms with Gasteiger partial charge in [-0.1, -0.05) is 13.3 Å². The van der Waals surface area contributed by atoms with E-state index < -0.39 is 0 Å². The lowest BCUT2D eigenvalue weighted by Crippen LogP contribution is -2.46. The van der Waals surface area contributed by atoms with Crippen LogP contribution in [0.4, 0.5) is 0 Å². The Balaban J connectivity index is 1.76. The van der Waals surface area contributed by atoms with Crippen LogP contribution in [0.5, 0.6) is 0 Å². The fraction of sp³-hybridized carbons (Fsp3) is 1.00. The lowest BCUT2D eigenvalue weighted by Gasteiger charge is -2.44. The topological polar surface area (TPSA) is 38.5 Å². The van der Waals surface area contributed by atoms with Gasteiger partial charge in [-0.3, -0.25) is 0 Å². The Hall–Kier alpha value is -0.120. The van der Waals surface area contributed by atoms with Crippen LogP contribution in [0, 0.1) is 11.3 Å². The lowest BCUT2D eigenvalue weighted by atomic mass is 9.66. The number of nitrogens with zero attached hydrogens (tertiary/aromatic N) is 1. The molecule has 2 unspecified atom stereocenters. The van der Waals surface area contributed by atoms with Crippen molar-refractivity contribution in [3.8, 4) is 0 Å². The molecule has 0 aromatic carbocycles. The summed E-state index contributed by atoms with van der Waals surface area (Å²) in [6, 6.07) is 0. The molecule has 1 aliphatic carbocycles. The van der Waals surface area contributed by atoms with Crippen molar-refractivity contribution in [2.24, 2.45) is 17.1 Å². The summed E-state index contributed by atoms with van der Waals surface area (Å²) in [6.07, 6.45) is 7.07. The molecule has 1 aliphatic heterocycles. The van der Waals surface area contributed by atoms with Gasteiger partial charge in [-0.25, -0.2) is 0 Å². The number of piperidine rings is 1. The SMILES string of the molecule is COC1CN(CCC2(CN)CCC2)CCC1C. The van der Waals surface area contributed by atoms with Gasteiger partial charge in [0, 0.05) is 13.7 Å². The minimum absolute atomic E-state index is 0.430. The van der Waals surface area contributed by atoms with Gasteiger partial charge in [-0.15, -0.1) is 0 Å². The smallest absolute Gasteiger partial charge is 0.0724 e. The zero-order chi connectivity index (χ0) is 12.3. The molecule has 2 aliphatic rings. The molecule has 2 fully saturated rings. The zero-order valence-electron chi connectivity index (χ0n) is 11.5. The van der Waals surface area contributed by atoms with Crippen molar-refractivity contribution in [2.45, 2.75) is 45.1 Å². The maximum atomic E-state index is 5.92. The Morgan fingerprint density at radius 3 is 2.71 bits per heavy atom. The molecule has 1 saturated carbocycles. The molecule has 2 N–H and O–H groups in total. The summed E-state index contributed by atoms with van der Waals surface area (Å²) in [5, 5.41) is 0. The highest BCUT2D eigenvalue weighted by atomic mass is 16.5. The van der Waals surface area contributed by atoms with E-state index in [1.807, 2.05) is 7.11 Å². The highest BCUT2D eigenvalue weighted by molar-refractivity contribution is 4.90. The van der Waals surface area contributed by atoms with E-state index in [1.54, 1.807) is 0 Å². The Kier molecular flexibility index (Phi) is 4.45. The average molecular weight is 240 g/mol. The van der Waals surface area contributed by atoms with Crippen LogP contribution in [0.15, 0.2) is 0 Å². The molecule has 1 saturated heterocycles. The summed E-state index contributed by atoms with van der Waals surface area (Å²) in [4.78, 5) is 2.57. The normalized spacial score (nSPS) is 33.4. The van der Waals surface area contributed by atoms with E-state index in [0.29, 0.717) is 17.4 Å². The van der Waals surface area contributed by atoms with E-state index in [9.17, 15) is 0 Å². The van der Waals surface area contributed by atoms with Crippen molar-refractivity contribution in [3.63, 3.8) is 0 Å². The molecule has 0 aromatic rings. The average Bonchev–Trinajstić information content (AvgIpc) is 2.30. The molecule has 0 radical (unpaired) electrons. The second kappa shape index (κ2) is 5.68. The number of rotatable bonds is 5. The van der Waals surface area contributed by atoms with Gasteiger partial charge in [-0.05, 0) is 56.7 Å². The van der Waals surface area contributed by atoms with Crippen LogP contribution in [0.2, 0.25) is 0 Å². The van der Waals surface area contributed by atoms with Gasteiger partial charge in [0.15, 0.2) is 0 Å². The predicted molar refractivity (Wildman–Crippen MR) is 71.0 cm³/mol. The minimum atomic E-state index is 0.430. The largest absolute Gasteiger partial charge is 0.380 e. The summed E-state index contributed by atoms with van der Waals surface area (Å²) in [5.74, 6) is 0.712. The fourth-order valence-electron chi connectivity index (χ4n) is 3.24. The van der Waals surface area contributed by atoms with Gasteiger partial charge in [-0.2, -0.15) is 0 Å². The van der Waals surface area contributed by atoms with Crippen LogP contribution in [0.1, 0.15) is 39.0 Å². The van der Waals surface area contributed by atoms with E-state index in [0.717, 1.165) is 13.1 Å². The summed E-state index contributed by atoms with van der Waals surface area (Å²) < 4.78 is 5.57. The summed E-state index contributed by atoms with van der Waals surface area (Å²) in [7, 11) is 1.85. The predicted octanol–water partition coefficient (Wildman–Crippen LogP) is 1.86. The molecular formula is C14H28N2O. The van der Waals surface area contributed by atoms with E-state index in [-0.39, 0.29) is 0 Å². The molecule has 0 bridgehead atoms. The third-order valence-corrected chi connectivity index (χ3v) is 5.08. The van der Waals surface area contributed by atoms with Crippen LogP contribution >= 0.6 is 0 Å². The number of methoxy groups -OCH3 is 1. The van der Waals surface area contributed by atoms with Crippen molar-refractivity contribution >= 4 is 0 Å². The van der Waals surface area contributed by atoms with Crippen molar-refractivity contribution in [2.75, 3.05) is 33.3 Å². The van der Waals surface area contributed by atoms with Crippen molar-refractivity contribution < 1.29 is 4.74 Å². The van der Waals surface area contributed by atoms with Crippen LogP contribution in [-0.2, 0) is 4.74 Å². The standard InChI is InChI=1S/C14H28N2O/c1-12-4-8-16(10-13(12)17-2)9-7-14(11-15)5-3-6-14/h12-13H,3-11,15H2,1-2H3. The van der Waals surface area contributed by atoms with Gasteiger partial charge in [0.05, 0.1) is 6.10 Å². The van der Waals surface area contributed by atoms with Crippen LogP contribution in [0.3, 0.4) is 0 Å². The molecule has 2 atom stereocenters. The zero-order valence-corrected chi connectivity index (χ0v) is 11.5. The maximum absolute atomic E-state index is 5.92. The number of likely N-dealkylation sites (tertiary alicyclic amines) is 1. The van der Waals surface area contributed by atoms with E-state index in [4.69, 9.17) is 10.5 Å². The van der Waals surface area contributed by atoms with Gasteiger partial charge in [0.25, 0.3) is 0 Å². The quantitative estimate of drug-likeness (QED) is 0.797. The molecule has 2 rings (SSSR count). The molecule has 0 spiro atoms. The van der Waals surface area contributed by atoms with Gasteiger partial charge < -0.3 is 15.4 Å². The Bertz CT molecular complexity index is 235. The fourth-order valence-corrected chi connectivity index (χ4v) is 3.24. The van der Waals surface area contributed by atoms with Crippen molar-refractivity contribution in [1.29, 1.82) is 0 Å². The molecule has 1 heterocycles. The van der Waals surface area contributed by atoms with Crippen LogP contribution < -0.4 is 5.73 Å². The molecule has 3 nitrogen and oxygen atoms in total.